The maximum atomic E-state index is 3.50. The molecular weight excluding hydrogens is 357 g/mol. The molecule has 0 aromatic heterocycles. The molecule has 1 nitrogen and oxygen atoms in total. The quantitative estimate of drug-likeness (QED) is 0.741. The van der Waals surface area contributed by atoms with Crippen LogP contribution in [0.5, 0.6) is 0 Å². The molecule has 1 N–H and O–H groups in total. The molecular formula is C18H22IN. The molecule has 0 aliphatic heterocycles. The van der Waals surface area contributed by atoms with Crippen LogP contribution in [-0.4, -0.2) is 7.05 Å². The van der Waals surface area contributed by atoms with Crippen molar-refractivity contribution < 1.29 is 0 Å². The van der Waals surface area contributed by atoms with E-state index in [1.54, 1.807) is 0 Å². The number of nitrogens with one attached hydrogen (secondary N) is 1. The Hall–Kier alpha value is -0.870. The zero-order valence-corrected chi connectivity index (χ0v) is 14.6. The lowest BCUT2D eigenvalue weighted by atomic mass is 9.91. The van der Waals surface area contributed by atoms with Crippen LogP contribution in [0.3, 0.4) is 0 Å². The molecule has 2 aromatic rings. The molecule has 106 valence electrons. The first-order chi connectivity index (χ1) is 9.71. The summed E-state index contributed by atoms with van der Waals surface area (Å²) in [4.78, 5) is 0. The Morgan fingerprint density at radius 2 is 1.75 bits per heavy atom. The third-order valence-electron chi connectivity index (χ3n) is 3.82. The molecule has 0 saturated heterocycles. The number of halogens is 1. The van der Waals surface area contributed by atoms with Crippen LogP contribution in [0, 0.1) is 3.57 Å². The van der Waals surface area contributed by atoms with Crippen LogP contribution in [0.25, 0.3) is 0 Å². The zero-order valence-electron chi connectivity index (χ0n) is 12.4. The average Bonchev–Trinajstić information content (AvgIpc) is 2.49. The van der Waals surface area contributed by atoms with Gasteiger partial charge in [0.25, 0.3) is 0 Å². The number of rotatable bonds is 5. The average molecular weight is 379 g/mol. The summed E-state index contributed by atoms with van der Waals surface area (Å²) in [6.45, 7) is 4.44. The van der Waals surface area contributed by atoms with Crippen molar-refractivity contribution >= 4 is 22.6 Å². The van der Waals surface area contributed by atoms with E-state index in [0.29, 0.717) is 0 Å². The van der Waals surface area contributed by atoms with E-state index in [2.05, 4.69) is 84.2 Å². The van der Waals surface area contributed by atoms with Crippen LogP contribution in [0.1, 0.15) is 42.1 Å². The Morgan fingerprint density at radius 1 is 1.00 bits per heavy atom. The highest BCUT2D eigenvalue weighted by Crippen LogP contribution is 2.29. The number of hydrogen-bond acceptors (Lipinski definition) is 1. The second-order valence-corrected chi connectivity index (χ2v) is 6.15. The van der Waals surface area contributed by atoms with Gasteiger partial charge in [-0.15, -0.1) is 0 Å². The highest BCUT2D eigenvalue weighted by Gasteiger charge is 2.17. The van der Waals surface area contributed by atoms with E-state index in [1.165, 1.54) is 25.8 Å². The normalized spacial score (nSPS) is 12.4. The summed E-state index contributed by atoms with van der Waals surface area (Å²) in [5.74, 6) is 0. The van der Waals surface area contributed by atoms with Crippen molar-refractivity contribution in [2.24, 2.45) is 0 Å². The van der Waals surface area contributed by atoms with E-state index in [4.69, 9.17) is 0 Å². The van der Waals surface area contributed by atoms with Crippen molar-refractivity contribution in [1.82, 2.24) is 5.32 Å². The summed E-state index contributed by atoms with van der Waals surface area (Å²) in [5, 5.41) is 3.50. The second kappa shape index (κ2) is 7.23. The molecule has 1 atom stereocenters. The molecule has 2 heteroatoms. The number of hydrogen-bond donors (Lipinski definition) is 1. The minimum absolute atomic E-state index is 0.268. The van der Waals surface area contributed by atoms with Crippen LogP contribution >= 0.6 is 22.6 Å². The molecule has 2 aromatic carbocycles. The van der Waals surface area contributed by atoms with E-state index >= 15 is 0 Å². The van der Waals surface area contributed by atoms with Crippen LogP contribution in [-0.2, 0) is 12.8 Å². The molecule has 0 amide bonds. The predicted molar refractivity (Wildman–Crippen MR) is 95.3 cm³/mol. The molecule has 20 heavy (non-hydrogen) atoms. The van der Waals surface area contributed by atoms with E-state index < -0.39 is 0 Å². The Balaban J connectivity index is 2.54. The number of benzene rings is 2. The van der Waals surface area contributed by atoms with Crippen LogP contribution < -0.4 is 5.32 Å². The predicted octanol–water partition coefficient (Wildman–Crippen LogP) is 4.72. The summed E-state index contributed by atoms with van der Waals surface area (Å²) in [5.41, 5.74) is 5.61. The fourth-order valence-electron chi connectivity index (χ4n) is 2.64. The van der Waals surface area contributed by atoms with Gasteiger partial charge in [0.2, 0.25) is 0 Å². The summed E-state index contributed by atoms with van der Waals surface area (Å²) in [6.07, 6.45) is 2.15. The van der Waals surface area contributed by atoms with E-state index in [1.807, 2.05) is 7.05 Å². The molecule has 0 saturated carbocycles. The number of aryl methyl sites for hydroxylation is 2. The van der Waals surface area contributed by atoms with Crippen LogP contribution in [0.2, 0.25) is 0 Å². The fourth-order valence-corrected chi connectivity index (χ4v) is 3.34. The topological polar surface area (TPSA) is 12.0 Å². The van der Waals surface area contributed by atoms with Crippen molar-refractivity contribution in [2.75, 3.05) is 7.05 Å². The molecule has 2 rings (SSSR count). The molecule has 0 heterocycles. The van der Waals surface area contributed by atoms with E-state index in [-0.39, 0.29) is 6.04 Å². The molecule has 0 aliphatic rings. The second-order valence-electron chi connectivity index (χ2n) is 4.98. The van der Waals surface area contributed by atoms with Gasteiger partial charge in [0.05, 0.1) is 6.04 Å². The summed E-state index contributed by atoms with van der Waals surface area (Å²) in [6, 6.07) is 15.8. The van der Waals surface area contributed by atoms with Crippen molar-refractivity contribution in [3.63, 3.8) is 0 Å². The highest BCUT2D eigenvalue weighted by atomic mass is 127. The summed E-state index contributed by atoms with van der Waals surface area (Å²) >= 11 is 2.43. The van der Waals surface area contributed by atoms with Gasteiger partial charge in [-0.2, -0.15) is 0 Å². The largest absolute Gasteiger partial charge is 0.309 e. The molecule has 1 unspecified atom stereocenters. The Labute approximate surface area is 135 Å². The maximum absolute atomic E-state index is 3.50. The Morgan fingerprint density at radius 3 is 2.35 bits per heavy atom. The third-order valence-corrected chi connectivity index (χ3v) is 4.80. The Bertz CT molecular complexity index is 577. The molecule has 0 radical (unpaired) electrons. The first-order valence-corrected chi connectivity index (χ1v) is 8.32. The molecule has 0 aliphatic carbocycles. The van der Waals surface area contributed by atoms with Gasteiger partial charge >= 0.3 is 0 Å². The standard InChI is InChI=1S/C18H22IN/c1-4-13-10-11-14(5-2)16(12-13)18(20-3)15-8-6-7-9-17(15)19/h6-12,18,20H,4-5H2,1-3H3. The smallest absolute Gasteiger partial charge is 0.0587 e. The van der Waals surface area contributed by atoms with Gasteiger partial charge in [0.15, 0.2) is 0 Å². The van der Waals surface area contributed by atoms with Gasteiger partial charge in [0.1, 0.15) is 0 Å². The minimum Gasteiger partial charge on any atom is -0.309 e. The van der Waals surface area contributed by atoms with Crippen LogP contribution in [0.15, 0.2) is 42.5 Å². The zero-order chi connectivity index (χ0) is 14.5. The van der Waals surface area contributed by atoms with E-state index in [9.17, 15) is 0 Å². The van der Waals surface area contributed by atoms with Crippen molar-refractivity contribution in [3.05, 3.63) is 68.3 Å². The first-order valence-electron chi connectivity index (χ1n) is 7.24. The maximum Gasteiger partial charge on any atom is 0.0587 e. The van der Waals surface area contributed by atoms with Crippen molar-refractivity contribution in [2.45, 2.75) is 32.7 Å². The molecule has 0 bridgehead atoms. The molecule has 0 spiro atoms. The lowest BCUT2D eigenvalue weighted by molar-refractivity contribution is 0.680. The SMILES string of the molecule is CCc1ccc(CC)c(C(NC)c2ccccc2I)c1. The van der Waals surface area contributed by atoms with Crippen molar-refractivity contribution in [3.8, 4) is 0 Å². The highest BCUT2D eigenvalue weighted by molar-refractivity contribution is 14.1. The lowest BCUT2D eigenvalue weighted by Crippen LogP contribution is -2.20. The van der Waals surface area contributed by atoms with Gasteiger partial charge in [-0.25, -0.2) is 0 Å². The first kappa shape index (κ1) is 15.5. The molecule has 0 fully saturated rings. The van der Waals surface area contributed by atoms with Crippen LogP contribution in [0.4, 0.5) is 0 Å². The van der Waals surface area contributed by atoms with Gasteiger partial charge in [-0.1, -0.05) is 50.2 Å². The summed E-state index contributed by atoms with van der Waals surface area (Å²) < 4.78 is 1.31. The van der Waals surface area contributed by atoms with Gasteiger partial charge in [-0.3, -0.25) is 0 Å². The van der Waals surface area contributed by atoms with Crippen molar-refractivity contribution in [1.29, 1.82) is 0 Å². The Kier molecular flexibility index (Phi) is 5.61. The third kappa shape index (κ3) is 3.23. The van der Waals surface area contributed by atoms with E-state index in [0.717, 1.165) is 12.8 Å². The van der Waals surface area contributed by atoms with Gasteiger partial charge < -0.3 is 5.32 Å². The van der Waals surface area contributed by atoms with Gasteiger partial charge in [-0.05, 0) is 70.8 Å². The fraction of sp³-hybridized carbons (Fsp3) is 0.333. The minimum atomic E-state index is 0.268. The lowest BCUT2D eigenvalue weighted by Gasteiger charge is -2.22. The summed E-state index contributed by atoms with van der Waals surface area (Å²) in [7, 11) is 2.05. The van der Waals surface area contributed by atoms with Gasteiger partial charge in [0, 0.05) is 3.57 Å². The monoisotopic (exact) mass is 379 g/mol.